The van der Waals surface area contributed by atoms with E-state index in [9.17, 15) is 40.3 Å². The number of β-amino-alcohol motifs (C(OH)–C–C–N with tert-alkyl or cyclic N) is 1. The third kappa shape index (κ3) is 7.19. The van der Waals surface area contributed by atoms with Crippen LogP contribution in [0, 0.1) is 29.4 Å². The Labute approximate surface area is 319 Å². The van der Waals surface area contributed by atoms with Gasteiger partial charge in [-0.3, -0.25) is 18.9 Å². The van der Waals surface area contributed by atoms with Crippen molar-refractivity contribution in [1.29, 1.82) is 0 Å². The van der Waals surface area contributed by atoms with Crippen LogP contribution in [-0.4, -0.2) is 68.9 Å². The van der Waals surface area contributed by atoms with Crippen LogP contribution in [0.25, 0.3) is 22.0 Å². The van der Waals surface area contributed by atoms with Crippen molar-refractivity contribution in [2.75, 3.05) is 24.1 Å². The van der Waals surface area contributed by atoms with Crippen molar-refractivity contribution >= 4 is 32.7 Å². The Morgan fingerprint density at radius 1 is 1.09 bits per heavy atom. The molecule has 0 bridgehead atoms. The minimum atomic E-state index is -5.07. The average molecular weight is 817 g/mol. The number of aliphatic hydroxyl groups is 1. The fourth-order valence-corrected chi connectivity index (χ4v) is 8.13. The van der Waals surface area contributed by atoms with E-state index >= 15 is 8.78 Å². The molecule has 0 unspecified atom stereocenters. The number of halogens is 7. The Morgan fingerprint density at radius 3 is 2.46 bits per heavy atom. The second kappa shape index (κ2) is 13.3. The van der Waals surface area contributed by atoms with Crippen LogP contribution in [0.5, 0.6) is 0 Å². The second-order valence-electron chi connectivity index (χ2n) is 14.5. The highest BCUT2D eigenvalue weighted by Crippen LogP contribution is 2.68. The number of pyridine rings is 1. The average Bonchev–Trinajstić information content (AvgIpc) is 3.64. The normalized spacial score (nSPS) is 19.5. The summed E-state index contributed by atoms with van der Waals surface area (Å²) in [5, 5.41) is 24.3. The highest BCUT2D eigenvalue weighted by Gasteiger charge is 2.68. The summed E-state index contributed by atoms with van der Waals surface area (Å²) in [6.45, 7) is -0.724. The molecule has 5 aromatic rings. The Bertz CT molecular complexity index is 2640. The van der Waals surface area contributed by atoms with E-state index < -0.39 is 86.6 Å². The number of hydrogen-bond donors (Lipinski definition) is 4. The van der Waals surface area contributed by atoms with Crippen molar-refractivity contribution in [2.45, 2.75) is 49.0 Å². The van der Waals surface area contributed by atoms with Gasteiger partial charge in [0.25, 0.3) is 5.92 Å². The van der Waals surface area contributed by atoms with E-state index in [0.717, 1.165) is 18.4 Å². The molecule has 2 aromatic carbocycles. The molecule has 2 aliphatic carbocycles. The van der Waals surface area contributed by atoms with Gasteiger partial charge >= 0.3 is 6.18 Å². The number of para-hydroxylation sites is 1. The number of fused-ring (bicyclic) bond motifs is 4. The Kier molecular flexibility index (Phi) is 8.93. The van der Waals surface area contributed by atoms with E-state index in [-0.39, 0.29) is 54.3 Å². The van der Waals surface area contributed by atoms with E-state index in [4.69, 9.17) is 4.98 Å². The van der Waals surface area contributed by atoms with Gasteiger partial charge in [0.15, 0.2) is 17.1 Å². The molecule has 4 heterocycles. The molecule has 0 spiro atoms. The first-order chi connectivity index (χ1) is 26.7. The summed E-state index contributed by atoms with van der Waals surface area (Å²) in [4.78, 5) is 18.6. The van der Waals surface area contributed by atoms with Crippen LogP contribution in [0.3, 0.4) is 0 Å². The van der Waals surface area contributed by atoms with Crippen molar-refractivity contribution in [3.8, 4) is 23.0 Å². The molecule has 1 saturated heterocycles. The standard InChI is InChI=1S/C37H31F7N8O4S/c1-51-31-23(4-3-5-24(31)34(49-51)50-57(2,55)56)22-7-6-21(8-9-35(54)16-45-17-35)46-30(22)27(12-18-10-19(38)13-20(39)11-18)47-28(53)15-52-33-29(32(48-52)37(42,43)44)25-14-26(25)36(33,40)41/h3-7,10-11,13,25-27,45,54H,12,14-17H2,1-2H3,(H,47,53)(H,49,50)/t25-,26+,27-/m0/s1. The number of hydrogen-bond acceptors (Lipinski definition) is 8. The largest absolute Gasteiger partial charge is 0.435 e. The maximum atomic E-state index is 15.4. The third-order valence-electron chi connectivity index (χ3n) is 10.1. The molecule has 4 N–H and O–H groups in total. The highest BCUT2D eigenvalue weighted by atomic mass is 32.2. The molecule has 3 atom stereocenters. The zero-order valence-corrected chi connectivity index (χ0v) is 30.7. The molecule has 298 valence electrons. The summed E-state index contributed by atoms with van der Waals surface area (Å²) in [6.07, 6.45) is -4.65. The highest BCUT2D eigenvalue weighted by molar-refractivity contribution is 7.92. The van der Waals surface area contributed by atoms with E-state index in [2.05, 4.69) is 37.4 Å². The van der Waals surface area contributed by atoms with Gasteiger partial charge < -0.3 is 15.7 Å². The van der Waals surface area contributed by atoms with Gasteiger partial charge in [-0.1, -0.05) is 18.1 Å². The van der Waals surface area contributed by atoms with Crippen LogP contribution >= 0.6 is 0 Å². The second-order valence-corrected chi connectivity index (χ2v) is 16.3. The fraction of sp³-hybridized carbons (Fsp3) is 0.351. The quantitative estimate of drug-likeness (QED) is 0.125. The molecule has 1 amide bonds. The van der Waals surface area contributed by atoms with Crippen LogP contribution in [0.15, 0.2) is 48.5 Å². The third-order valence-corrected chi connectivity index (χ3v) is 10.7. The van der Waals surface area contributed by atoms with Crippen LogP contribution in [0.4, 0.5) is 36.6 Å². The Morgan fingerprint density at radius 2 is 1.81 bits per heavy atom. The van der Waals surface area contributed by atoms with Crippen molar-refractivity contribution < 1.29 is 49.1 Å². The Hall–Kier alpha value is -5.52. The minimum Gasteiger partial charge on any atom is -0.375 e. The SMILES string of the molecule is Cn1nc(NS(C)(=O)=O)c2cccc(-c3ccc(C#CC4(O)CNC4)nc3[C@H](Cc3cc(F)cc(F)c3)NC(=O)Cn3nc(C(F)(F)F)c4c3C(F)(F)[C@@H]3C[C@H]43)c21. The lowest BCUT2D eigenvalue weighted by Gasteiger charge is -2.32. The minimum absolute atomic E-state index is 0.00398. The summed E-state index contributed by atoms with van der Waals surface area (Å²) in [5.41, 5.74) is -3.33. The molecule has 1 saturated carbocycles. The van der Waals surface area contributed by atoms with Gasteiger partial charge in [-0.2, -0.15) is 32.1 Å². The lowest BCUT2D eigenvalue weighted by Crippen LogP contribution is -2.58. The summed E-state index contributed by atoms with van der Waals surface area (Å²) in [7, 11) is -2.23. The van der Waals surface area contributed by atoms with Crippen LogP contribution in [0.2, 0.25) is 0 Å². The number of sulfonamides is 1. The summed E-state index contributed by atoms with van der Waals surface area (Å²) in [6, 6.07) is 9.18. The molecule has 3 aliphatic rings. The van der Waals surface area contributed by atoms with Gasteiger partial charge in [0.1, 0.15) is 29.6 Å². The molecule has 20 heteroatoms. The maximum Gasteiger partial charge on any atom is 0.435 e. The first-order valence-corrected chi connectivity index (χ1v) is 19.3. The van der Waals surface area contributed by atoms with E-state index in [0.29, 0.717) is 27.2 Å². The summed E-state index contributed by atoms with van der Waals surface area (Å²) >= 11 is 0. The van der Waals surface area contributed by atoms with Crippen molar-refractivity contribution in [1.82, 2.24) is 35.2 Å². The zero-order valence-electron chi connectivity index (χ0n) is 29.8. The van der Waals surface area contributed by atoms with Crippen molar-refractivity contribution in [3.05, 3.63) is 94.1 Å². The van der Waals surface area contributed by atoms with Gasteiger partial charge in [-0.25, -0.2) is 22.2 Å². The van der Waals surface area contributed by atoms with Crippen LogP contribution < -0.4 is 15.4 Å². The lowest BCUT2D eigenvalue weighted by atomic mass is 9.93. The number of anilines is 1. The zero-order chi connectivity index (χ0) is 40.8. The number of rotatable bonds is 9. The van der Waals surface area contributed by atoms with Gasteiger partial charge in [-0.15, -0.1) is 0 Å². The number of benzene rings is 2. The number of carbonyl (C=O) groups is 1. The van der Waals surface area contributed by atoms with Gasteiger partial charge in [-0.05, 0) is 60.6 Å². The first-order valence-electron chi connectivity index (χ1n) is 17.4. The monoisotopic (exact) mass is 816 g/mol. The molecule has 0 radical (unpaired) electrons. The van der Waals surface area contributed by atoms with E-state index in [1.54, 1.807) is 31.3 Å². The summed E-state index contributed by atoms with van der Waals surface area (Å²) in [5.74, 6) is -3.54. The molecule has 2 fully saturated rings. The number of aromatic nitrogens is 5. The van der Waals surface area contributed by atoms with Crippen LogP contribution in [-0.2, 0) is 46.9 Å². The fourth-order valence-electron chi connectivity index (χ4n) is 7.62. The van der Waals surface area contributed by atoms with Crippen molar-refractivity contribution in [3.63, 3.8) is 0 Å². The molecule has 8 rings (SSSR count). The van der Waals surface area contributed by atoms with Crippen molar-refractivity contribution in [2.24, 2.45) is 13.0 Å². The molecule has 57 heavy (non-hydrogen) atoms. The molecular weight excluding hydrogens is 786 g/mol. The number of nitrogens with zero attached hydrogens (tertiary/aromatic N) is 5. The van der Waals surface area contributed by atoms with E-state index in [1.165, 1.54) is 10.7 Å². The number of amides is 1. The number of alkyl halides is 5. The topological polar surface area (TPSA) is 156 Å². The smallest absolute Gasteiger partial charge is 0.375 e. The molecule has 12 nitrogen and oxygen atoms in total. The van der Waals surface area contributed by atoms with Gasteiger partial charge in [0.05, 0.1) is 23.5 Å². The predicted molar refractivity (Wildman–Crippen MR) is 190 cm³/mol. The van der Waals surface area contributed by atoms with Gasteiger partial charge in [0, 0.05) is 54.2 Å². The number of carbonyl (C=O) groups excluding carboxylic acids is 1. The first kappa shape index (κ1) is 38.4. The number of nitrogens with one attached hydrogen (secondary N) is 3. The lowest BCUT2D eigenvalue weighted by molar-refractivity contribution is -0.142. The van der Waals surface area contributed by atoms with E-state index in [1.807, 2.05) is 0 Å². The van der Waals surface area contributed by atoms with Crippen LogP contribution in [0.1, 0.15) is 52.3 Å². The molecular formula is C37H31F7N8O4S. The molecule has 3 aromatic heterocycles. The Balaban J connectivity index is 1.26. The summed E-state index contributed by atoms with van der Waals surface area (Å²) < 4.78 is 130. The predicted octanol–water partition coefficient (Wildman–Crippen LogP) is 4.50. The maximum absolute atomic E-state index is 15.4. The molecule has 1 aliphatic heterocycles. The number of aryl methyl sites for hydroxylation is 1. The van der Waals surface area contributed by atoms with Gasteiger partial charge in [0.2, 0.25) is 15.9 Å².